The molecule has 2 heteroatoms. The Bertz CT molecular complexity index is 311. The van der Waals surface area contributed by atoms with E-state index in [9.17, 15) is 0 Å². The van der Waals surface area contributed by atoms with E-state index < -0.39 is 0 Å². The number of nitrogens with zero attached hydrogens (tertiary/aromatic N) is 2. The second-order valence-corrected chi connectivity index (χ2v) is 3.84. The standard InChI is InChI=1S/C13H18N2/c1-2-8-14-9-11-15(12-10-14)13-6-4-3-5-7-13/h2-8H,9-12H2,1H3. The van der Waals surface area contributed by atoms with Crippen molar-refractivity contribution in [3.63, 3.8) is 0 Å². The Hall–Kier alpha value is -1.44. The summed E-state index contributed by atoms with van der Waals surface area (Å²) < 4.78 is 0. The predicted molar refractivity (Wildman–Crippen MR) is 65.0 cm³/mol. The van der Waals surface area contributed by atoms with E-state index in [0.717, 1.165) is 26.2 Å². The molecule has 0 N–H and O–H groups in total. The lowest BCUT2D eigenvalue weighted by atomic mass is 10.2. The van der Waals surface area contributed by atoms with Crippen LogP contribution in [0, 0.1) is 0 Å². The molecule has 1 aromatic rings. The first-order valence-electron chi connectivity index (χ1n) is 5.57. The monoisotopic (exact) mass is 202 g/mol. The van der Waals surface area contributed by atoms with E-state index in [-0.39, 0.29) is 0 Å². The van der Waals surface area contributed by atoms with Gasteiger partial charge in [-0.25, -0.2) is 0 Å². The van der Waals surface area contributed by atoms with Gasteiger partial charge in [-0.3, -0.25) is 0 Å². The van der Waals surface area contributed by atoms with Crippen molar-refractivity contribution >= 4 is 5.69 Å². The lowest BCUT2D eigenvalue weighted by Gasteiger charge is -2.35. The molecule has 1 aromatic carbocycles. The van der Waals surface area contributed by atoms with Gasteiger partial charge in [0.05, 0.1) is 0 Å². The molecule has 1 fully saturated rings. The summed E-state index contributed by atoms with van der Waals surface area (Å²) in [5, 5.41) is 0. The molecule has 1 aliphatic rings. The van der Waals surface area contributed by atoms with E-state index in [1.165, 1.54) is 5.69 Å². The molecule has 0 atom stereocenters. The zero-order chi connectivity index (χ0) is 10.5. The molecule has 0 amide bonds. The molecule has 0 bridgehead atoms. The highest BCUT2D eigenvalue weighted by molar-refractivity contribution is 5.46. The number of hydrogen-bond acceptors (Lipinski definition) is 2. The van der Waals surface area contributed by atoms with Gasteiger partial charge in [0.15, 0.2) is 0 Å². The molecule has 0 radical (unpaired) electrons. The minimum absolute atomic E-state index is 1.12. The summed E-state index contributed by atoms with van der Waals surface area (Å²) >= 11 is 0. The lowest BCUT2D eigenvalue weighted by Crippen LogP contribution is -2.44. The fraction of sp³-hybridized carbons (Fsp3) is 0.385. The Kier molecular flexibility index (Phi) is 3.28. The largest absolute Gasteiger partial charge is 0.374 e. The number of para-hydroxylation sites is 1. The summed E-state index contributed by atoms with van der Waals surface area (Å²) in [4.78, 5) is 4.82. The Morgan fingerprint density at radius 2 is 1.67 bits per heavy atom. The van der Waals surface area contributed by atoms with Gasteiger partial charge in [-0.2, -0.15) is 0 Å². The quantitative estimate of drug-likeness (QED) is 0.726. The van der Waals surface area contributed by atoms with Crippen molar-refractivity contribution in [1.82, 2.24) is 4.90 Å². The average molecular weight is 202 g/mol. The first kappa shape index (κ1) is 10.1. The maximum atomic E-state index is 2.44. The summed E-state index contributed by atoms with van der Waals surface area (Å²) in [7, 11) is 0. The minimum atomic E-state index is 1.12. The van der Waals surface area contributed by atoms with E-state index in [1.54, 1.807) is 0 Å². The van der Waals surface area contributed by atoms with Gasteiger partial charge in [0.2, 0.25) is 0 Å². The van der Waals surface area contributed by atoms with Crippen molar-refractivity contribution in [2.75, 3.05) is 31.1 Å². The van der Waals surface area contributed by atoms with Gasteiger partial charge < -0.3 is 9.80 Å². The first-order valence-corrected chi connectivity index (χ1v) is 5.57. The molecule has 0 unspecified atom stereocenters. The summed E-state index contributed by atoms with van der Waals surface area (Å²) in [6.45, 7) is 6.56. The highest BCUT2D eigenvalue weighted by Gasteiger charge is 2.13. The molecule has 0 aromatic heterocycles. The van der Waals surface area contributed by atoms with Gasteiger partial charge in [0.1, 0.15) is 0 Å². The van der Waals surface area contributed by atoms with Crippen LogP contribution >= 0.6 is 0 Å². The van der Waals surface area contributed by atoms with Crippen LogP contribution in [0.4, 0.5) is 5.69 Å². The van der Waals surface area contributed by atoms with Crippen LogP contribution in [-0.2, 0) is 0 Å². The van der Waals surface area contributed by atoms with Gasteiger partial charge in [-0.05, 0) is 25.3 Å². The summed E-state index contributed by atoms with van der Waals surface area (Å²) in [5.41, 5.74) is 1.35. The summed E-state index contributed by atoms with van der Waals surface area (Å²) in [6, 6.07) is 10.7. The van der Waals surface area contributed by atoms with Crippen molar-refractivity contribution < 1.29 is 0 Å². The fourth-order valence-corrected chi connectivity index (χ4v) is 1.98. The van der Waals surface area contributed by atoms with Crippen LogP contribution in [0.1, 0.15) is 6.92 Å². The maximum Gasteiger partial charge on any atom is 0.0367 e. The number of piperazine rings is 1. The van der Waals surface area contributed by atoms with E-state index in [1.807, 2.05) is 0 Å². The molecule has 2 nitrogen and oxygen atoms in total. The molecule has 15 heavy (non-hydrogen) atoms. The number of rotatable bonds is 2. The van der Waals surface area contributed by atoms with Crippen LogP contribution in [0.15, 0.2) is 42.6 Å². The average Bonchev–Trinajstić information content (AvgIpc) is 2.32. The SMILES string of the molecule is CC=CN1CCN(c2ccccc2)CC1. The summed E-state index contributed by atoms with van der Waals surface area (Å²) in [5.74, 6) is 0. The lowest BCUT2D eigenvalue weighted by molar-refractivity contribution is 0.349. The van der Waals surface area contributed by atoms with Crippen LogP contribution in [0.2, 0.25) is 0 Å². The van der Waals surface area contributed by atoms with E-state index in [2.05, 4.69) is 59.3 Å². The third kappa shape index (κ3) is 2.52. The number of hydrogen-bond donors (Lipinski definition) is 0. The van der Waals surface area contributed by atoms with E-state index >= 15 is 0 Å². The molecule has 1 saturated heterocycles. The zero-order valence-corrected chi connectivity index (χ0v) is 9.26. The molecule has 2 rings (SSSR count). The third-order valence-corrected chi connectivity index (χ3v) is 2.80. The summed E-state index contributed by atoms with van der Waals surface area (Å²) in [6.07, 6.45) is 4.29. The molecule has 0 saturated carbocycles. The van der Waals surface area contributed by atoms with Gasteiger partial charge in [0, 0.05) is 31.9 Å². The highest BCUT2D eigenvalue weighted by Crippen LogP contribution is 2.15. The van der Waals surface area contributed by atoms with E-state index in [0.29, 0.717) is 0 Å². The van der Waals surface area contributed by atoms with Gasteiger partial charge in [-0.15, -0.1) is 0 Å². The van der Waals surface area contributed by atoms with Crippen LogP contribution in [0.25, 0.3) is 0 Å². The second-order valence-electron chi connectivity index (χ2n) is 3.84. The Labute approximate surface area is 91.8 Å². The Morgan fingerprint density at radius 3 is 2.27 bits per heavy atom. The maximum absolute atomic E-state index is 2.44. The van der Waals surface area contributed by atoms with Crippen molar-refractivity contribution in [3.8, 4) is 0 Å². The topological polar surface area (TPSA) is 6.48 Å². The third-order valence-electron chi connectivity index (χ3n) is 2.80. The normalized spacial score (nSPS) is 17.4. The fourth-order valence-electron chi connectivity index (χ4n) is 1.98. The molecule has 1 heterocycles. The molecular formula is C13H18N2. The first-order chi connectivity index (χ1) is 7.40. The Balaban J connectivity index is 1.94. The van der Waals surface area contributed by atoms with Crippen molar-refractivity contribution in [2.24, 2.45) is 0 Å². The number of benzene rings is 1. The smallest absolute Gasteiger partial charge is 0.0367 e. The van der Waals surface area contributed by atoms with Crippen molar-refractivity contribution in [2.45, 2.75) is 6.92 Å². The molecule has 0 aliphatic carbocycles. The molecule has 1 aliphatic heterocycles. The minimum Gasteiger partial charge on any atom is -0.374 e. The Morgan fingerprint density at radius 1 is 1.00 bits per heavy atom. The van der Waals surface area contributed by atoms with Gasteiger partial charge in [-0.1, -0.05) is 24.3 Å². The molecule has 80 valence electrons. The second kappa shape index (κ2) is 4.87. The van der Waals surface area contributed by atoms with Crippen LogP contribution in [-0.4, -0.2) is 31.1 Å². The van der Waals surface area contributed by atoms with Crippen molar-refractivity contribution in [3.05, 3.63) is 42.6 Å². The molecule has 0 spiro atoms. The predicted octanol–water partition coefficient (Wildman–Crippen LogP) is 2.34. The van der Waals surface area contributed by atoms with Crippen LogP contribution < -0.4 is 4.90 Å². The van der Waals surface area contributed by atoms with Crippen LogP contribution in [0.3, 0.4) is 0 Å². The number of allylic oxidation sites excluding steroid dienone is 1. The van der Waals surface area contributed by atoms with Crippen molar-refractivity contribution in [1.29, 1.82) is 0 Å². The zero-order valence-electron chi connectivity index (χ0n) is 9.26. The van der Waals surface area contributed by atoms with E-state index in [4.69, 9.17) is 0 Å². The number of anilines is 1. The highest BCUT2D eigenvalue weighted by atomic mass is 15.2. The van der Waals surface area contributed by atoms with Gasteiger partial charge >= 0.3 is 0 Å². The molecular weight excluding hydrogens is 184 g/mol. The van der Waals surface area contributed by atoms with Crippen LogP contribution in [0.5, 0.6) is 0 Å². The van der Waals surface area contributed by atoms with Gasteiger partial charge in [0.25, 0.3) is 0 Å².